The molecule has 0 saturated carbocycles. The van der Waals surface area contributed by atoms with Crippen molar-refractivity contribution < 1.29 is 14.6 Å². The standard InChI is InChI=1S/C20H31N5O3/c1-3-4-6-15(9-12-26)8-11-23-19-18(13-24-20(21)25-19)28-14-16-17(27-2)7-5-10-22-16/h5,7,10,13,15,26H,3-4,6,8-9,11-12,14H2,1-2H3,(H3,21,23,24,25)/t15-/m1/s1. The van der Waals surface area contributed by atoms with Gasteiger partial charge in [-0.2, -0.15) is 4.98 Å². The van der Waals surface area contributed by atoms with Gasteiger partial charge in [-0.3, -0.25) is 4.98 Å². The Balaban J connectivity index is 1.97. The first kappa shape index (κ1) is 21.7. The molecule has 8 heteroatoms. The van der Waals surface area contributed by atoms with E-state index >= 15 is 0 Å². The van der Waals surface area contributed by atoms with E-state index in [2.05, 4.69) is 27.2 Å². The van der Waals surface area contributed by atoms with Crippen molar-refractivity contribution in [1.29, 1.82) is 0 Å². The van der Waals surface area contributed by atoms with Gasteiger partial charge in [0.1, 0.15) is 18.1 Å². The summed E-state index contributed by atoms with van der Waals surface area (Å²) >= 11 is 0. The number of aliphatic hydroxyl groups excluding tert-OH is 1. The molecule has 8 nitrogen and oxygen atoms in total. The third kappa shape index (κ3) is 6.84. The van der Waals surface area contributed by atoms with Crippen LogP contribution in [0.4, 0.5) is 11.8 Å². The highest BCUT2D eigenvalue weighted by molar-refractivity contribution is 5.51. The Kier molecular flexibility index (Phi) is 9.27. The van der Waals surface area contributed by atoms with Gasteiger partial charge in [-0.15, -0.1) is 0 Å². The summed E-state index contributed by atoms with van der Waals surface area (Å²) in [5.74, 6) is 2.40. The van der Waals surface area contributed by atoms with E-state index in [4.69, 9.17) is 15.2 Å². The van der Waals surface area contributed by atoms with Gasteiger partial charge in [-0.25, -0.2) is 4.98 Å². The highest BCUT2D eigenvalue weighted by Crippen LogP contribution is 2.25. The monoisotopic (exact) mass is 389 g/mol. The highest BCUT2D eigenvalue weighted by atomic mass is 16.5. The fourth-order valence-electron chi connectivity index (χ4n) is 2.98. The predicted molar refractivity (Wildman–Crippen MR) is 109 cm³/mol. The highest BCUT2D eigenvalue weighted by Gasteiger charge is 2.12. The molecule has 28 heavy (non-hydrogen) atoms. The van der Waals surface area contributed by atoms with Gasteiger partial charge in [-0.1, -0.05) is 26.2 Å². The van der Waals surface area contributed by atoms with Gasteiger partial charge >= 0.3 is 0 Å². The molecule has 1 atom stereocenters. The summed E-state index contributed by atoms with van der Waals surface area (Å²) in [4.78, 5) is 12.6. The van der Waals surface area contributed by atoms with E-state index in [1.54, 1.807) is 19.5 Å². The zero-order valence-corrected chi connectivity index (χ0v) is 16.7. The Morgan fingerprint density at radius 1 is 1.21 bits per heavy atom. The maximum Gasteiger partial charge on any atom is 0.222 e. The number of methoxy groups -OCH3 is 1. The molecular formula is C20H31N5O3. The first-order chi connectivity index (χ1) is 13.7. The maximum atomic E-state index is 9.26. The van der Waals surface area contributed by atoms with Crippen molar-refractivity contribution in [2.45, 2.75) is 45.6 Å². The molecular weight excluding hydrogens is 358 g/mol. The smallest absolute Gasteiger partial charge is 0.222 e. The third-order valence-electron chi connectivity index (χ3n) is 4.55. The van der Waals surface area contributed by atoms with Gasteiger partial charge in [0.25, 0.3) is 0 Å². The summed E-state index contributed by atoms with van der Waals surface area (Å²) in [6, 6.07) is 3.64. The van der Waals surface area contributed by atoms with E-state index in [9.17, 15) is 5.11 Å². The zero-order chi connectivity index (χ0) is 20.2. The summed E-state index contributed by atoms with van der Waals surface area (Å²) in [7, 11) is 1.60. The van der Waals surface area contributed by atoms with Crippen LogP contribution in [0, 0.1) is 5.92 Å². The number of nitrogens with zero attached hydrogens (tertiary/aromatic N) is 3. The lowest BCUT2D eigenvalue weighted by atomic mass is 9.95. The van der Waals surface area contributed by atoms with Crippen LogP contribution in [-0.4, -0.2) is 40.3 Å². The Labute approximate surface area is 166 Å². The third-order valence-corrected chi connectivity index (χ3v) is 4.55. The van der Waals surface area contributed by atoms with Gasteiger partial charge in [-0.05, 0) is 30.9 Å². The zero-order valence-electron chi connectivity index (χ0n) is 16.7. The van der Waals surface area contributed by atoms with Crippen molar-refractivity contribution in [3.63, 3.8) is 0 Å². The Bertz CT molecular complexity index is 714. The summed E-state index contributed by atoms with van der Waals surface area (Å²) in [5, 5.41) is 12.6. The van der Waals surface area contributed by atoms with Gasteiger partial charge in [0.05, 0.1) is 13.3 Å². The van der Waals surface area contributed by atoms with Crippen molar-refractivity contribution in [3.05, 3.63) is 30.2 Å². The molecule has 0 radical (unpaired) electrons. The van der Waals surface area contributed by atoms with E-state index in [0.717, 1.165) is 25.7 Å². The molecule has 2 aromatic rings. The average molecular weight is 390 g/mol. The summed E-state index contributed by atoms with van der Waals surface area (Å²) < 4.78 is 11.2. The number of unbranched alkanes of at least 4 members (excludes halogenated alkanes) is 1. The minimum absolute atomic E-state index is 0.183. The molecule has 4 N–H and O–H groups in total. The topological polar surface area (TPSA) is 115 Å². The number of hydrogen-bond donors (Lipinski definition) is 3. The summed E-state index contributed by atoms with van der Waals surface area (Å²) in [6.07, 6.45) is 8.46. The Morgan fingerprint density at radius 3 is 2.82 bits per heavy atom. The van der Waals surface area contributed by atoms with Gasteiger partial charge < -0.3 is 25.6 Å². The summed E-state index contributed by atoms with van der Waals surface area (Å²) in [5.41, 5.74) is 6.43. The van der Waals surface area contributed by atoms with Crippen LogP contribution in [0.5, 0.6) is 11.5 Å². The summed E-state index contributed by atoms with van der Waals surface area (Å²) in [6.45, 7) is 3.34. The lowest BCUT2D eigenvalue weighted by Gasteiger charge is -2.17. The van der Waals surface area contributed by atoms with Crippen LogP contribution in [0.25, 0.3) is 0 Å². The first-order valence-corrected chi connectivity index (χ1v) is 9.75. The van der Waals surface area contributed by atoms with Crippen molar-refractivity contribution in [2.75, 3.05) is 31.3 Å². The van der Waals surface area contributed by atoms with Gasteiger partial charge in [0, 0.05) is 19.3 Å². The number of hydrogen-bond acceptors (Lipinski definition) is 8. The van der Waals surface area contributed by atoms with Crippen molar-refractivity contribution in [2.24, 2.45) is 5.92 Å². The molecule has 2 aromatic heterocycles. The van der Waals surface area contributed by atoms with Crippen LogP contribution in [0.1, 0.15) is 44.7 Å². The van der Waals surface area contributed by atoms with E-state index in [1.165, 1.54) is 6.42 Å². The Hall–Kier alpha value is -2.61. The van der Waals surface area contributed by atoms with E-state index in [1.807, 2.05) is 12.1 Å². The lowest BCUT2D eigenvalue weighted by molar-refractivity contribution is 0.246. The number of rotatable bonds is 13. The average Bonchev–Trinajstić information content (AvgIpc) is 2.71. The number of nitrogens with two attached hydrogens (primary N) is 1. The molecule has 0 spiro atoms. The van der Waals surface area contributed by atoms with Crippen LogP contribution in [-0.2, 0) is 6.61 Å². The van der Waals surface area contributed by atoms with E-state index in [0.29, 0.717) is 35.5 Å². The molecule has 0 unspecified atom stereocenters. The molecule has 0 bridgehead atoms. The SMILES string of the molecule is CCCC[C@@H](CCO)CCNc1nc(N)ncc1OCc1ncccc1OC. The van der Waals surface area contributed by atoms with Crippen LogP contribution in [0.3, 0.4) is 0 Å². The quantitative estimate of drug-likeness (QED) is 0.479. The molecule has 0 amide bonds. The van der Waals surface area contributed by atoms with Crippen LogP contribution < -0.4 is 20.5 Å². The molecule has 0 aliphatic carbocycles. The Morgan fingerprint density at radius 2 is 2.07 bits per heavy atom. The number of nitrogen functional groups attached to an aromatic ring is 1. The van der Waals surface area contributed by atoms with Crippen LogP contribution in [0.15, 0.2) is 24.5 Å². The fourth-order valence-corrected chi connectivity index (χ4v) is 2.98. The molecule has 2 heterocycles. The molecule has 0 aliphatic rings. The largest absolute Gasteiger partial charge is 0.495 e. The van der Waals surface area contributed by atoms with Crippen molar-refractivity contribution in [1.82, 2.24) is 15.0 Å². The number of nitrogens with one attached hydrogen (secondary N) is 1. The number of anilines is 2. The van der Waals surface area contributed by atoms with E-state index in [-0.39, 0.29) is 19.2 Å². The number of ether oxygens (including phenoxy) is 2. The maximum absolute atomic E-state index is 9.26. The second-order valence-electron chi connectivity index (χ2n) is 6.62. The van der Waals surface area contributed by atoms with Crippen LogP contribution >= 0.6 is 0 Å². The van der Waals surface area contributed by atoms with Gasteiger partial charge in [0.2, 0.25) is 5.95 Å². The second kappa shape index (κ2) is 12.0. The van der Waals surface area contributed by atoms with Gasteiger partial charge in [0.15, 0.2) is 11.6 Å². The van der Waals surface area contributed by atoms with Crippen molar-refractivity contribution >= 4 is 11.8 Å². The number of pyridine rings is 1. The normalized spacial score (nSPS) is 11.8. The molecule has 2 rings (SSSR count). The first-order valence-electron chi connectivity index (χ1n) is 9.75. The van der Waals surface area contributed by atoms with E-state index < -0.39 is 0 Å². The molecule has 154 valence electrons. The fraction of sp³-hybridized carbons (Fsp3) is 0.550. The molecule has 0 aliphatic heterocycles. The number of aliphatic hydroxyl groups is 1. The minimum atomic E-state index is 0.183. The number of aromatic nitrogens is 3. The second-order valence-corrected chi connectivity index (χ2v) is 6.62. The minimum Gasteiger partial charge on any atom is -0.495 e. The lowest BCUT2D eigenvalue weighted by Crippen LogP contribution is -2.13. The predicted octanol–water partition coefficient (Wildman–Crippen LogP) is 3.03. The molecule has 0 aromatic carbocycles. The molecule has 0 saturated heterocycles. The van der Waals surface area contributed by atoms with Crippen molar-refractivity contribution in [3.8, 4) is 11.5 Å². The molecule has 0 fully saturated rings. The van der Waals surface area contributed by atoms with Crippen LogP contribution in [0.2, 0.25) is 0 Å².